The molecular weight excluding hydrogens is 288 g/mol. The number of esters is 1. The molecule has 2 aromatic rings. The van der Waals surface area contributed by atoms with Crippen LogP contribution in [-0.2, 0) is 11.3 Å². The normalized spacial score (nSPS) is 10.9. The summed E-state index contributed by atoms with van der Waals surface area (Å²) in [6, 6.07) is 0. The van der Waals surface area contributed by atoms with Gasteiger partial charge in [0.25, 0.3) is 0 Å². The van der Waals surface area contributed by atoms with Crippen LogP contribution in [0.1, 0.15) is 47.4 Å². The van der Waals surface area contributed by atoms with Gasteiger partial charge >= 0.3 is 5.97 Å². The predicted molar refractivity (Wildman–Crippen MR) is 81.5 cm³/mol. The first-order valence-electron chi connectivity index (χ1n) is 7.04. The lowest BCUT2D eigenvalue weighted by atomic mass is 10.2. The highest BCUT2D eigenvalue weighted by Gasteiger charge is 2.24. The van der Waals surface area contributed by atoms with Crippen molar-refractivity contribution >= 4 is 17.3 Å². The van der Waals surface area contributed by atoms with Gasteiger partial charge in [0, 0.05) is 6.54 Å². The Balaban J connectivity index is 2.45. The zero-order chi connectivity index (χ0) is 15.4. The van der Waals surface area contributed by atoms with Gasteiger partial charge in [0.1, 0.15) is 5.69 Å². The van der Waals surface area contributed by atoms with Crippen LogP contribution in [0, 0.1) is 13.8 Å². The number of carbonyl (C=O) groups is 1. The smallest absolute Gasteiger partial charge is 0.360 e. The Morgan fingerprint density at radius 1 is 1.33 bits per heavy atom. The number of hydrogen-bond donors (Lipinski definition) is 0. The van der Waals surface area contributed by atoms with E-state index < -0.39 is 5.97 Å². The van der Waals surface area contributed by atoms with Gasteiger partial charge < -0.3 is 4.74 Å². The average Bonchev–Trinajstić information content (AvgIpc) is 3.01. The Morgan fingerprint density at radius 3 is 2.67 bits per heavy atom. The van der Waals surface area contributed by atoms with E-state index in [1.807, 2.05) is 13.8 Å². The molecule has 21 heavy (non-hydrogen) atoms. The van der Waals surface area contributed by atoms with Crippen molar-refractivity contribution in [3.63, 3.8) is 0 Å². The van der Waals surface area contributed by atoms with Crippen LogP contribution in [0.2, 0.25) is 0 Å². The van der Waals surface area contributed by atoms with Crippen molar-refractivity contribution in [3.8, 4) is 10.6 Å². The molecule has 0 spiro atoms. The first-order valence-corrected chi connectivity index (χ1v) is 7.86. The van der Waals surface area contributed by atoms with Crippen LogP contribution in [0.15, 0.2) is 0 Å². The Labute approximate surface area is 128 Å². The highest BCUT2D eigenvalue weighted by atomic mass is 32.1. The second kappa shape index (κ2) is 6.80. The summed E-state index contributed by atoms with van der Waals surface area (Å²) in [5.41, 5.74) is 1.88. The number of methoxy groups -OCH3 is 1. The number of aromatic nitrogens is 4. The van der Waals surface area contributed by atoms with Gasteiger partial charge in [-0.15, -0.1) is 16.4 Å². The van der Waals surface area contributed by atoms with Crippen molar-refractivity contribution in [3.05, 3.63) is 16.4 Å². The minimum absolute atomic E-state index is 0.265. The van der Waals surface area contributed by atoms with E-state index >= 15 is 0 Å². The van der Waals surface area contributed by atoms with Crippen molar-refractivity contribution in [1.82, 2.24) is 20.0 Å². The molecule has 7 heteroatoms. The summed E-state index contributed by atoms with van der Waals surface area (Å²) in [5, 5.41) is 9.10. The predicted octanol–water partition coefficient (Wildman–Crippen LogP) is 3.00. The van der Waals surface area contributed by atoms with Crippen LogP contribution in [0.5, 0.6) is 0 Å². The molecule has 0 aliphatic heterocycles. The fourth-order valence-corrected chi connectivity index (χ4v) is 3.16. The van der Waals surface area contributed by atoms with Crippen LogP contribution in [-0.4, -0.2) is 33.1 Å². The molecule has 0 bridgehead atoms. The number of nitrogens with zero attached hydrogens (tertiary/aromatic N) is 4. The maximum atomic E-state index is 11.9. The third kappa shape index (κ3) is 3.29. The summed E-state index contributed by atoms with van der Waals surface area (Å²) in [7, 11) is 1.35. The molecular formula is C14H20N4O2S. The van der Waals surface area contributed by atoms with Crippen molar-refractivity contribution < 1.29 is 9.53 Å². The van der Waals surface area contributed by atoms with Gasteiger partial charge in [-0.25, -0.2) is 14.5 Å². The fraction of sp³-hybridized carbons (Fsp3) is 0.571. The third-order valence-corrected chi connectivity index (χ3v) is 4.29. The molecule has 0 saturated heterocycles. The van der Waals surface area contributed by atoms with E-state index in [0.717, 1.165) is 47.1 Å². The van der Waals surface area contributed by atoms with Crippen molar-refractivity contribution in [2.24, 2.45) is 0 Å². The molecule has 0 atom stereocenters. The Morgan fingerprint density at radius 2 is 2.10 bits per heavy atom. The van der Waals surface area contributed by atoms with E-state index in [0.29, 0.717) is 0 Å². The Bertz CT molecular complexity index is 633. The largest absolute Gasteiger partial charge is 0.464 e. The molecule has 0 radical (unpaired) electrons. The summed E-state index contributed by atoms with van der Waals surface area (Å²) in [4.78, 5) is 17.3. The molecule has 0 unspecified atom stereocenters. The monoisotopic (exact) mass is 308 g/mol. The molecule has 0 aliphatic carbocycles. The summed E-state index contributed by atoms with van der Waals surface area (Å²) < 4.78 is 6.61. The Hall–Kier alpha value is -1.76. The summed E-state index contributed by atoms with van der Waals surface area (Å²) in [6.07, 6.45) is 3.25. The molecule has 0 N–H and O–H groups in total. The Kier molecular flexibility index (Phi) is 5.06. The molecule has 0 fully saturated rings. The topological polar surface area (TPSA) is 69.9 Å². The van der Waals surface area contributed by atoms with E-state index in [-0.39, 0.29) is 5.69 Å². The standard InChI is InChI=1S/C14H20N4O2S/c1-5-6-7-8-18-12(11(16-17-18)14(19)20-4)13-9(2)15-10(3)21-13/h5-8H2,1-4H3. The number of ether oxygens (including phenoxy) is 1. The highest BCUT2D eigenvalue weighted by molar-refractivity contribution is 7.15. The van der Waals surface area contributed by atoms with E-state index in [1.165, 1.54) is 7.11 Å². The van der Waals surface area contributed by atoms with Gasteiger partial charge in [-0.3, -0.25) is 0 Å². The SMILES string of the molecule is CCCCCn1nnc(C(=O)OC)c1-c1sc(C)nc1C. The molecule has 0 amide bonds. The lowest BCUT2D eigenvalue weighted by molar-refractivity contribution is 0.0595. The quantitative estimate of drug-likeness (QED) is 0.606. The lowest BCUT2D eigenvalue weighted by Gasteiger charge is -2.06. The molecule has 6 nitrogen and oxygen atoms in total. The average molecular weight is 308 g/mol. The van der Waals surface area contributed by atoms with Crippen LogP contribution in [0.25, 0.3) is 10.6 Å². The van der Waals surface area contributed by atoms with Crippen LogP contribution < -0.4 is 0 Å². The fourth-order valence-electron chi connectivity index (χ4n) is 2.19. The van der Waals surface area contributed by atoms with Gasteiger partial charge in [-0.05, 0) is 20.3 Å². The second-order valence-electron chi connectivity index (χ2n) is 4.86. The number of carbonyl (C=O) groups excluding carboxylic acids is 1. The molecule has 2 rings (SSSR count). The van der Waals surface area contributed by atoms with E-state index in [9.17, 15) is 4.79 Å². The number of unbranched alkanes of at least 4 members (excludes halogenated alkanes) is 2. The zero-order valence-corrected chi connectivity index (χ0v) is 13.7. The number of hydrogen-bond acceptors (Lipinski definition) is 6. The van der Waals surface area contributed by atoms with Gasteiger partial charge in [0.05, 0.1) is 22.7 Å². The zero-order valence-electron chi connectivity index (χ0n) is 12.8. The highest BCUT2D eigenvalue weighted by Crippen LogP contribution is 2.32. The van der Waals surface area contributed by atoms with Crippen molar-refractivity contribution in [2.45, 2.75) is 46.6 Å². The van der Waals surface area contributed by atoms with E-state index in [4.69, 9.17) is 4.74 Å². The maximum Gasteiger partial charge on any atom is 0.360 e. The summed E-state index contributed by atoms with van der Waals surface area (Å²) in [5.74, 6) is -0.461. The number of rotatable bonds is 6. The second-order valence-corrected chi connectivity index (χ2v) is 6.06. The molecule has 114 valence electrons. The van der Waals surface area contributed by atoms with Crippen LogP contribution in [0.4, 0.5) is 0 Å². The molecule has 2 aromatic heterocycles. The first-order chi connectivity index (χ1) is 10.1. The number of thiazole rings is 1. The van der Waals surface area contributed by atoms with Crippen molar-refractivity contribution in [2.75, 3.05) is 7.11 Å². The van der Waals surface area contributed by atoms with E-state index in [2.05, 4.69) is 22.2 Å². The van der Waals surface area contributed by atoms with Crippen molar-refractivity contribution in [1.29, 1.82) is 0 Å². The minimum Gasteiger partial charge on any atom is -0.464 e. The maximum absolute atomic E-state index is 11.9. The van der Waals surface area contributed by atoms with Gasteiger partial charge in [0.15, 0.2) is 5.69 Å². The summed E-state index contributed by atoms with van der Waals surface area (Å²) >= 11 is 1.55. The van der Waals surface area contributed by atoms with Gasteiger partial charge in [0.2, 0.25) is 0 Å². The number of aryl methyl sites for hydroxylation is 3. The lowest BCUT2D eigenvalue weighted by Crippen LogP contribution is -2.07. The molecule has 0 aliphatic rings. The minimum atomic E-state index is -0.461. The molecule has 0 saturated carbocycles. The van der Waals surface area contributed by atoms with Gasteiger partial charge in [-0.1, -0.05) is 25.0 Å². The van der Waals surface area contributed by atoms with E-state index in [1.54, 1.807) is 16.0 Å². The molecule has 0 aromatic carbocycles. The third-order valence-electron chi connectivity index (χ3n) is 3.21. The van der Waals surface area contributed by atoms with Crippen LogP contribution >= 0.6 is 11.3 Å². The summed E-state index contributed by atoms with van der Waals surface area (Å²) in [6.45, 7) is 6.77. The van der Waals surface area contributed by atoms with Crippen LogP contribution in [0.3, 0.4) is 0 Å². The van der Waals surface area contributed by atoms with Gasteiger partial charge in [-0.2, -0.15) is 0 Å². The first kappa shape index (κ1) is 15.6. The molecule has 2 heterocycles.